The summed E-state index contributed by atoms with van der Waals surface area (Å²) in [6.07, 6.45) is 1.82. The molecule has 3 rings (SSSR count). The van der Waals surface area contributed by atoms with Crippen LogP contribution in [0.4, 0.5) is 10.5 Å². The van der Waals surface area contributed by atoms with Crippen molar-refractivity contribution in [2.75, 3.05) is 31.6 Å². The third-order valence-corrected chi connectivity index (χ3v) is 4.22. The maximum atomic E-state index is 12.4. The molecular weight excluding hydrogens is 292 g/mol. The number of amides is 2. The van der Waals surface area contributed by atoms with Crippen LogP contribution < -0.4 is 5.32 Å². The molecule has 2 aliphatic heterocycles. The second-order valence-corrected chi connectivity index (χ2v) is 5.78. The van der Waals surface area contributed by atoms with Gasteiger partial charge in [0.05, 0.1) is 23.9 Å². The lowest BCUT2D eigenvalue weighted by molar-refractivity contribution is -0.0959. The van der Waals surface area contributed by atoms with Crippen LogP contribution in [0.5, 0.6) is 0 Å². The van der Waals surface area contributed by atoms with E-state index in [1.165, 1.54) is 0 Å². The van der Waals surface area contributed by atoms with Crippen LogP contribution in [0.25, 0.3) is 0 Å². The lowest BCUT2D eigenvalue weighted by Gasteiger charge is -2.34. The summed E-state index contributed by atoms with van der Waals surface area (Å²) in [6.45, 7) is 2.69. The van der Waals surface area contributed by atoms with Crippen LogP contribution in [0.3, 0.4) is 0 Å². The summed E-state index contributed by atoms with van der Waals surface area (Å²) in [5, 5.41) is 3.41. The largest absolute Gasteiger partial charge is 0.350 e. The highest BCUT2D eigenvalue weighted by molar-refractivity contribution is 6.33. The van der Waals surface area contributed by atoms with Crippen LogP contribution >= 0.6 is 11.6 Å². The molecule has 0 radical (unpaired) electrons. The zero-order valence-corrected chi connectivity index (χ0v) is 12.5. The normalized spacial score (nSPS) is 23.3. The molecule has 5 nitrogen and oxygen atoms in total. The molecule has 6 heteroatoms. The van der Waals surface area contributed by atoms with Crippen LogP contribution in [0.2, 0.25) is 5.02 Å². The van der Waals surface area contributed by atoms with Crippen molar-refractivity contribution in [3.05, 3.63) is 29.3 Å². The van der Waals surface area contributed by atoms with Gasteiger partial charge in [-0.3, -0.25) is 0 Å². The summed E-state index contributed by atoms with van der Waals surface area (Å²) in [7, 11) is 0. The predicted octanol–water partition coefficient (Wildman–Crippen LogP) is 2.96. The van der Waals surface area contributed by atoms with Gasteiger partial charge in [0.1, 0.15) is 0 Å². The maximum Gasteiger partial charge on any atom is 0.321 e. The van der Waals surface area contributed by atoms with Gasteiger partial charge in [-0.2, -0.15) is 0 Å². The number of hydrogen-bond acceptors (Lipinski definition) is 3. The Balaban J connectivity index is 1.60. The van der Waals surface area contributed by atoms with Gasteiger partial charge in [-0.1, -0.05) is 23.7 Å². The molecule has 0 spiro atoms. The first-order valence-electron chi connectivity index (χ1n) is 7.28. The van der Waals surface area contributed by atoms with Gasteiger partial charge in [-0.15, -0.1) is 0 Å². The summed E-state index contributed by atoms with van der Waals surface area (Å²) >= 11 is 6.07. The molecule has 1 unspecified atom stereocenters. The molecule has 2 heterocycles. The minimum absolute atomic E-state index is 0.120. The molecule has 1 aromatic rings. The van der Waals surface area contributed by atoms with E-state index in [1.807, 2.05) is 17.0 Å². The number of carbonyl (C=O) groups is 1. The van der Waals surface area contributed by atoms with Crippen molar-refractivity contribution in [3.63, 3.8) is 0 Å². The Morgan fingerprint density at radius 1 is 1.29 bits per heavy atom. The Morgan fingerprint density at radius 2 is 2.05 bits per heavy atom. The number of nitrogens with one attached hydrogen (secondary N) is 1. The van der Waals surface area contributed by atoms with Crippen LogP contribution in [-0.2, 0) is 9.47 Å². The van der Waals surface area contributed by atoms with Gasteiger partial charge in [0.25, 0.3) is 0 Å². The number of likely N-dealkylation sites (tertiary alicyclic amines) is 1. The van der Waals surface area contributed by atoms with Crippen molar-refractivity contribution < 1.29 is 14.3 Å². The van der Waals surface area contributed by atoms with E-state index in [1.54, 1.807) is 12.1 Å². The first kappa shape index (κ1) is 14.6. The smallest absolute Gasteiger partial charge is 0.321 e. The number of halogens is 1. The molecule has 0 saturated carbocycles. The molecule has 21 heavy (non-hydrogen) atoms. The lowest BCUT2D eigenvalue weighted by atomic mass is 9.98. The van der Waals surface area contributed by atoms with Crippen LogP contribution in [0.1, 0.15) is 12.8 Å². The molecule has 2 aliphatic rings. The lowest BCUT2D eigenvalue weighted by Crippen LogP contribution is -2.45. The third-order valence-electron chi connectivity index (χ3n) is 3.89. The third kappa shape index (κ3) is 3.48. The molecule has 1 atom stereocenters. The molecule has 1 aromatic carbocycles. The Morgan fingerprint density at radius 3 is 2.81 bits per heavy atom. The van der Waals surface area contributed by atoms with Crippen LogP contribution in [0.15, 0.2) is 24.3 Å². The van der Waals surface area contributed by atoms with Gasteiger partial charge in [0, 0.05) is 19.0 Å². The Bertz CT molecular complexity index is 505. The molecule has 2 saturated heterocycles. The Kier molecular flexibility index (Phi) is 4.63. The molecule has 2 amide bonds. The van der Waals surface area contributed by atoms with Gasteiger partial charge in [-0.25, -0.2) is 4.79 Å². The van der Waals surface area contributed by atoms with E-state index in [2.05, 4.69) is 5.32 Å². The predicted molar refractivity (Wildman–Crippen MR) is 80.5 cm³/mol. The molecule has 0 bridgehead atoms. The maximum absolute atomic E-state index is 12.4. The number of rotatable bonds is 2. The minimum Gasteiger partial charge on any atom is -0.350 e. The van der Waals surface area contributed by atoms with Gasteiger partial charge >= 0.3 is 6.03 Å². The fourth-order valence-corrected chi connectivity index (χ4v) is 3.01. The van der Waals surface area contributed by atoms with Crippen molar-refractivity contribution in [2.45, 2.75) is 19.1 Å². The fourth-order valence-electron chi connectivity index (χ4n) is 2.82. The van der Waals surface area contributed by atoms with Crippen molar-refractivity contribution in [2.24, 2.45) is 5.92 Å². The number of ether oxygens (including phenoxy) is 2. The van der Waals surface area contributed by atoms with E-state index < -0.39 is 0 Å². The van der Waals surface area contributed by atoms with Gasteiger partial charge in [0.15, 0.2) is 6.29 Å². The van der Waals surface area contributed by atoms with E-state index in [0.717, 1.165) is 19.4 Å². The minimum atomic E-state index is -0.166. The second kappa shape index (κ2) is 6.64. The highest BCUT2D eigenvalue weighted by Crippen LogP contribution is 2.26. The summed E-state index contributed by atoms with van der Waals surface area (Å²) in [6, 6.07) is 7.12. The molecule has 114 valence electrons. The quantitative estimate of drug-likeness (QED) is 0.913. The Hall–Kier alpha value is -1.30. The number of hydrogen-bond donors (Lipinski definition) is 1. The van der Waals surface area contributed by atoms with E-state index in [4.69, 9.17) is 21.1 Å². The SMILES string of the molecule is O=C(Nc1ccccc1Cl)N1CCCC(C2OCCO2)C1. The number of para-hydroxylation sites is 1. The summed E-state index contributed by atoms with van der Waals surface area (Å²) in [5.74, 6) is 0.248. The number of piperidine rings is 1. The van der Waals surface area contributed by atoms with Crippen molar-refractivity contribution in [3.8, 4) is 0 Å². The van der Waals surface area contributed by atoms with Crippen molar-refractivity contribution in [1.82, 2.24) is 4.90 Å². The first-order chi connectivity index (χ1) is 10.2. The number of benzene rings is 1. The van der Waals surface area contributed by atoms with Gasteiger partial charge in [0.2, 0.25) is 0 Å². The highest BCUT2D eigenvalue weighted by atomic mass is 35.5. The van der Waals surface area contributed by atoms with E-state index in [9.17, 15) is 4.79 Å². The van der Waals surface area contributed by atoms with Crippen LogP contribution in [-0.4, -0.2) is 43.5 Å². The fraction of sp³-hybridized carbons (Fsp3) is 0.533. The Labute approximate surface area is 129 Å². The van der Waals surface area contributed by atoms with E-state index in [0.29, 0.717) is 30.5 Å². The summed E-state index contributed by atoms with van der Waals surface area (Å²) in [4.78, 5) is 14.2. The standard InChI is InChI=1S/C15H19ClN2O3/c16-12-5-1-2-6-13(12)17-15(19)18-7-3-4-11(10-18)14-20-8-9-21-14/h1-2,5-6,11,14H,3-4,7-10H2,(H,17,19). The molecule has 0 aliphatic carbocycles. The van der Waals surface area contributed by atoms with Gasteiger partial charge in [-0.05, 0) is 25.0 Å². The molecular formula is C15H19ClN2O3. The van der Waals surface area contributed by atoms with Gasteiger partial charge < -0.3 is 19.7 Å². The van der Waals surface area contributed by atoms with E-state index in [-0.39, 0.29) is 18.2 Å². The summed E-state index contributed by atoms with van der Waals surface area (Å²) in [5.41, 5.74) is 0.639. The highest BCUT2D eigenvalue weighted by Gasteiger charge is 2.32. The van der Waals surface area contributed by atoms with Crippen molar-refractivity contribution >= 4 is 23.3 Å². The second-order valence-electron chi connectivity index (χ2n) is 5.37. The molecule has 2 fully saturated rings. The zero-order valence-electron chi connectivity index (χ0n) is 11.8. The molecule has 1 N–H and O–H groups in total. The first-order valence-corrected chi connectivity index (χ1v) is 7.65. The monoisotopic (exact) mass is 310 g/mol. The average molecular weight is 311 g/mol. The topological polar surface area (TPSA) is 50.8 Å². The number of anilines is 1. The summed E-state index contributed by atoms with van der Waals surface area (Å²) < 4.78 is 11.1. The van der Waals surface area contributed by atoms with Crippen molar-refractivity contribution in [1.29, 1.82) is 0 Å². The zero-order chi connectivity index (χ0) is 14.7. The van der Waals surface area contributed by atoms with E-state index >= 15 is 0 Å². The average Bonchev–Trinajstić information content (AvgIpc) is 3.04. The number of nitrogens with zero attached hydrogens (tertiary/aromatic N) is 1. The van der Waals surface area contributed by atoms with Crippen LogP contribution in [0, 0.1) is 5.92 Å². The number of carbonyl (C=O) groups excluding carboxylic acids is 1. The number of urea groups is 1. The molecule has 0 aromatic heterocycles.